The van der Waals surface area contributed by atoms with Crippen molar-refractivity contribution in [2.45, 2.75) is 32.4 Å². The molecule has 3 heteroatoms. The Hall–Kier alpha value is -0.0331. The van der Waals surface area contributed by atoms with Crippen LogP contribution >= 0.6 is 22.6 Å². The smallest absolute Gasteiger partial charge is 0.133 e. The molecular formula is C11H17IOSi. The molecule has 0 spiro atoms. The Bertz CT molecular complexity index is 318. The highest BCUT2D eigenvalue weighted by Crippen LogP contribution is 2.26. The SMILES string of the molecule is CC(C)(C)Oc1cc(C[SiH3])ccc1I. The maximum atomic E-state index is 5.88. The van der Waals surface area contributed by atoms with E-state index in [1.165, 1.54) is 25.4 Å². The van der Waals surface area contributed by atoms with Crippen molar-refractivity contribution in [3.8, 4) is 5.75 Å². The molecule has 0 amide bonds. The average molecular weight is 320 g/mol. The molecular weight excluding hydrogens is 303 g/mol. The maximum absolute atomic E-state index is 5.88. The number of rotatable bonds is 2. The zero-order chi connectivity index (χ0) is 10.8. The Morgan fingerprint density at radius 3 is 2.50 bits per heavy atom. The fourth-order valence-electron chi connectivity index (χ4n) is 1.18. The summed E-state index contributed by atoms with van der Waals surface area (Å²) in [6, 6.07) is 7.68. The second kappa shape index (κ2) is 4.66. The van der Waals surface area contributed by atoms with Gasteiger partial charge in [0, 0.05) is 10.2 Å². The summed E-state index contributed by atoms with van der Waals surface area (Å²) in [6.45, 7) is 6.24. The van der Waals surface area contributed by atoms with E-state index < -0.39 is 0 Å². The summed E-state index contributed by atoms with van der Waals surface area (Å²) in [5, 5.41) is 0. The highest BCUT2D eigenvalue weighted by Gasteiger charge is 2.13. The van der Waals surface area contributed by atoms with Gasteiger partial charge in [-0.15, -0.1) is 0 Å². The van der Waals surface area contributed by atoms with Gasteiger partial charge in [-0.1, -0.05) is 6.07 Å². The molecule has 0 N–H and O–H groups in total. The first-order chi connectivity index (χ1) is 6.42. The normalized spacial score (nSPS) is 11.7. The lowest BCUT2D eigenvalue weighted by atomic mass is 10.2. The number of hydrogen-bond donors (Lipinski definition) is 0. The van der Waals surface area contributed by atoms with Crippen molar-refractivity contribution in [2.75, 3.05) is 0 Å². The number of ether oxygens (including phenoxy) is 1. The van der Waals surface area contributed by atoms with Crippen LogP contribution in [-0.4, -0.2) is 15.8 Å². The molecule has 0 fully saturated rings. The van der Waals surface area contributed by atoms with E-state index in [1.807, 2.05) is 0 Å². The standard InChI is InChI=1S/C11H17IOSi/c1-11(2,3)13-10-6-8(7-14)4-5-9(10)12/h4-6H,7H2,1-3,14H3. The van der Waals surface area contributed by atoms with Crippen molar-refractivity contribution in [3.05, 3.63) is 27.3 Å². The summed E-state index contributed by atoms with van der Waals surface area (Å²) in [4.78, 5) is 0. The Balaban J connectivity index is 2.95. The Morgan fingerprint density at radius 1 is 1.36 bits per heavy atom. The Morgan fingerprint density at radius 2 is 2.00 bits per heavy atom. The summed E-state index contributed by atoms with van der Waals surface area (Å²) in [5.41, 5.74) is 1.28. The van der Waals surface area contributed by atoms with Crippen LogP contribution in [0.5, 0.6) is 5.75 Å². The zero-order valence-corrected chi connectivity index (χ0v) is 13.4. The van der Waals surface area contributed by atoms with Gasteiger partial charge in [0.1, 0.15) is 11.4 Å². The average Bonchev–Trinajstić information content (AvgIpc) is 2.06. The number of benzene rings is 1. The van der Waals surface area contributed by atoms with Crippen LogP contribution in [0.3, 0.4) is 0 Å². The lowest BCUT2D eigenvalue weighted by Crippen LogP contribution is -2.23. The van der Waals surface area contributed by atoms with Crippen LogP contribution in [0.1, 0.15) is 26.3 Å². The van der Waals surface area contributed by atoms with Crippen LogP contribution < -0.4 is 4.74 Å². The third-order valence-corrected chi connectivity index (χ3v) is 3.53. The first kappa shape index (κ1) is 12.0. The molecule has 1 nitrogen and oxygen atoms in total. The number of hydrogen-bond acceptors (Lipinski definition) is 1. The molecule has 0 radical (unpaired) electrons. The maximum Gasteiger partial charge on any atom is 0.133 e. The largest absolute Gasteiger partial charge is 0.487 e. The van der Waals surface area contributed by atoms with E-state index >= 15 is 0 Å². The van der Waals surface area contributed by atoms with Crippen LogP contribution in [0.2, 0.25) is 0 Å². The zero-order valence-electron chi connectivity index (χ0n) is 9.23. The Kier molecular flexibility index (Phi) is 4.01. The molecule has 1 aromatic rings. The first-order valence-electron chi connectivity index (χ1n) is 4.90. The van der Waals surface area contributed by atoms with E-state index in [0.717, 1.165) is 5.75 Å². The van der Waals surface area contributed by atoms with Gasteiger partial charge in [-0.3, -0.25) is 0 Å². The first-order valence-corrected chi connectivity index (χ1v) is 7.39. The van der Waals surface area contributed by atoms with E-state index in [-0.39, 0.29) is 5.60 Å². The Labute approximate surface area is 103 Å². The summed E-state index contributed by atoms with van der Waals surface area (Å²) < 4.78 is 7.07. The van der Waals surface area contributed by atoms with Gasteiger partial charge < -0.3 is 4.74 Å². The minimum Gasteiger partial charge on any atom is -0.487 e. The van der Waals surface area contributed by atoms with Crippen molar-refractivity contribution >= 4 is 32.8 Å². The molecule has 0 atom stereocenters. The van der Waals surface area contributed by atoms with Crippen LogP contribution in [0.25, 0.3) is 0 Å². The fraction of sp³-hybridized carbons (Fsp3) is 0.455. The van der Waals surface area contributed by atoms with Gasteiger partial charge in [0.25, 0.3) is 0 Å². The van der Waals surface area contributed by atoms with E-state index in [1.54, 1.807) is 0 Å². The van der Waals surface area contributed by atoms with E-state index in [4.69, 9.17) is 4.74 Å². The van der Waals surface area contributed by atoms with E-state index in [0.29, 0.717) is 0 Å². The molecule has 1 rings (SSSR count). The highest BCUT2D eigenvalue weighted by atomic mass is 127. The van der Waals surface area contributed by atoms with Gasteiger partial charge in [0.05, 0.1) is 3.57 Å². The second-order valence-electron chi connectivity index (χ2n) is 4.33. The van der Waals surface area contributed by atoms with Crippen LogP contribution in [0.15, 0.2) is 18.2 Å². The third-order valence-electron chi connectivity index (χ3n) is 1.82. The molecule has 0 aliphatic carbocycles. The lowest BCUT2D eigenvalue weighted by Gasteiger charge is -2.22. The highest BCUT2D eigenvalue weighted by molar-refractivity contribution is 14.1. The van der Waals surface area contributed by atoms with Crippen molar-refractivity contribution < 1.29 is 4.74 Å². The molecule has 1 aromatic carbocycles. The molecule has 0 aliphatic rings. The van der Waals surface area contributed by atoms with Gasteiger partial charge in [0.15, 0.2) is 0 Å². The monoisotopic (exact) mass is 320 g/mol. The second-order valence-corrected chi connectivity index (χ2v) is 6.20. The van der Waals surface area contributed by atoms with Gasteiger partial charge in [0.2, 0.25) is 0 Å². The predicted molar refractivity (Wildman–Crippen MR) is 73.2 cm³/mol. The van der Waals surface area contributed by atoms with Crippen molar-refractivity contribution in [2.24, 2.45) is 0 Å². The summed E-state index contributed by atoms with van der Waals surface area (Å²) in [5.74, 6) is 1.02. The van der Waals surface area contributed by atoms with Crippen molar-refractivity contribution in [3.63, 3.8) is 0 Å². The van der Waals surface area contributed by atoms with Crippen LogP contribution in [0.4, 0.5) is 0 Å². The third kappa shape index (κ3) is 3.61. The van der Waals surface area contributed by atoms with Gasteiger partial charge >= 0.3 is 0 Å². The lowest BCUT2D eigenvalue weighted by molar-refractivity contribution is 0.129. The van der Waals surface area contributed by atoms with Gasteiger partial charge in [-0.2, -0.15) is 0 Å². The molecule has 0 saturated heterocycles. The van der Waals surface area contributed by atoms with Crippen molar-refractivity contribution in [1.29, 1.82) is 0 Å². The van der Waals surface area contributed by atoms with Crippen molar-refractivity contribution in [1.82, 2.24) is 0 Å². The minimum absolute atomic E-state index is 0.107. The van der Waals surface area contributed by atoms with E-state index in [2.05, 4.69) is 61.6 Å². The summed E-state index contributed by atoms with van der Waals surface area (Å²) in [6.07, 6.45) is 0. The molecule has 0 unspecified atom stereocenters. The molecule has 0 aliphatic heterocycles. The topological polar surface area (TPSA) is 9.23 Å². The molecule has 0 heterocycles. The van der Waals surface area contributed by atoms with Gasteiger partial charge in [-0.05, 0) is 67.1 Å². The number of halogens is 1. The quantitative estimate of drug-likeness (QED) is 0.600. The molecule has 78 valence electrons. The van der Waals surface area contributed by atoms with Crippen LogP contribution in [-0.2, 0) is 6.04 Å². The van der Waals surface area contributed by atoms with Crippen LogP contribution in [0, 0.1) is 3.57 Å². The molecule has 0 aromatic heterocycles. The molecule has 14 heavy (non-hydrogen) atoms. The fourth-order valence-corrected chi connectivity index (χ4v) is 2.06. The summed E-state index contributed by atoms with van der Waals surface area (Å²) >= 11 is 2.32. The minimum atomic E-state index is -0.107. The van der Waals surface area contributed by atoms with E-state index in [9.17, 15) is 0 Å². The molecule has 0 bridgehead atoms. The molecule has 0 saturated carbocycles. The van der Waals surface area contributed by atoms with Gasteiger partial charge in [-0.25, -0.2) is 0 Å². The summed E-state index contributed by atoms with van der Waals surface area (Å²) in [7, 11) is 1.21. The predicted octanol–water partition coefficient (Wildman–Crippen LogP) is 2.33.